The van der Waals surface area contributed by atoms with Crippen molar-refractivity contribution in [2.45, 2.75) is 57.2 Å². The summed E-state index contributed by atoms with van der Waals surface area (Å²) in [5, 5.41) is 0. The van der Waals surface area contributed by atoms with Crippen molar-refractivity contribution in [3.8, 4) is 0 Å². The maximum atomic E-state index is 14.2. The summed E-state index contributed by atoms with van der Waals surface area (Å²) in [7, 11) is 0. The molecule has 104 valence electrons. The Hall–Kier alpha value is -1.16. The molecule has 2 fully saturated rings. The Labute approximate surface area is 112 Å². The lowest BCUT2D eigenvalue weighted by molar-refractivity contribution is 0.269. The Morgan fingerprint density at radius 1 is 1.11 bits per heavy atom. The molecule has 19 heavy (non-hydrogen) atoms. The van der Waals surface area contributed by atoms with Crippen LogP contribution in [0.2, 0.25) is 0 Å². The minimum Gasteiger partial charge on any atom is -0.363 e. The van der Waals surface area contributed by atoms with Crippen LogP contribution in [-0.4, -0.2) is 18.1 Å². The summed E-state index contributed by atoms with van der Waals surface area (Å²) in [5.41, 5.74) is 6.85. The van der Waals surface area contributed by atoms with Crippen LogP contribution in [0.25, 0.3) is 0 Å². The molecule has 2 bridgehead atoms. The molecule has 2 aliphatic rings. The SMILES string of the molecule is Cc1cc(F)c(N2C3CCCC2CC(N)C3)cc1F. The number of anilines is 1. The molecule has 0 amide bonds. The zero-order valence-electron chi connectivity index (χ0n) is 11.2. The van der Waals surface area contributed by atoms with Gasteiger partial charge in [-0.05, 0) is 50.7 Å². The van der Waals surface area contributed by atoms with Crippen molar-refractivity contribution in [2.75, 3.05) is 4.90 Å². The highest BCUT2D eigenvalue weighted by Crippen LogP contribution is 2.38. The van der Waals surface area contributed by atoms with Gasteiger partial charge in [-0.25, -0.2) is 8.78 Å². The van der Waals surface area contributed by atoms with Crippen LogP contribution in [0.1, 0.15) is 37.7 Å². The Kier molecular flexibility index (Phi) is 3.21. The second kappa shape index (κ2) is 4.75. The number of hydrogen-bond acceptors (Lipinski definition) is 2. The van der Waals surface area contributed by atoms with E-state index in [2.05, 4.69) is 4.90 Å². The number of nitrogens with two attached hydrogens (primary N) is 1. The number of piperidine rings is 2. The van der Waals surface area contributed by atoms with Crippen LogP contribution >= 0.6 is 0 Å². The minimum absolute atomic E-state index is 0.199. The van der Waals surface area contributed by atoms with E-state index in [1.165, 1.54) is 12.1 Å². The van der Waals surface area contributed by atoms with Crippen molar-refractivity contribution >= 4 is 5.69 Å². The van der Waals surface area contributed by atoms with E-state index in [0.717, 1.165) is 32.1 Å². The maximum absolute atomic E-state index is 14.2. The van der Waals surface area contributed by atoms with Crippen molar-refractivity contribution in [2.24, 2.45) is 5.73 Å². The summed E-state index contributed by atoms with van der Waals surface area (Å²) in [6.45, 7) is 1.59. The number of aryl methyl sites for hydroxylation is 1. The third-order valence-electron chi connectivity index (χ3n) is 4.52. The summed E-state index contributed by atoms with van der Waals surface area (Å²) in [6.07, 6.45) is 4.98. The average Bonchev–Trinajstić information content (AvgIpc) is 2.33. The normalized spacial score (nSPS) is 30.5. The lowest BCUT2D eigenvalue weighted by atomic mass is 9.81. The fourth-order valence-corrected chi connectivity index (χ4v) is 3.65. The first-order chi connectivity index (χ1) is 9.06. The van der Waals surface area contributed by atoms with Gasteiger partial charge in [0, 0.05) is 24.2 Å². The van der Waals surface area contributed by atoms with Gasteiger partial charge in [-0.2, -0.15) is 0 Å². The largest absolute Gasteiger partial charge is 0.363 e. The Balaban J connectivity index is 1.99. The van der Waals surface area contributed by atoms with Crippen molar-refractivity contribution in [3.63, 3.8) is 0 Å². The first-order valence-electron chi connectivity index (χ1n) is 7.06. The molecule has 0 aliphatic carbocycles. The van der Waals surface area contributed by atoms with Gasteiger partial charge in [-0.1, -0.05) is 0 Å². The van der Waals surface area contributed by atoms with Crippen LogP contribution in [0, 0.1) is 18.6 Å². The first kappa shape index (κ1) is 12.9. The molecule has 2 heterocycles. The van der Waals surface area contributed by atoms with Crippen LogP contribution in [0.4, 0.5) is 14.5 Å². The van der Waals surface area contributed by atoms with E-state index in [0.29, 0.717) is 11.3 Å². The Morgan fingerprint density at radius 3 is 2.37 bits per heavy atom. The minimum atomic E-state index is -0.329. The van der Waals surface area contributed by atoms with E-state index >= 15 is 0 Å². The molecular weight excluding hydrogens is 246 g/mol. The molecule has 1 aromatic carbocycles. The number of hydrogen-bond donors (Lipinski definition) is 1. The molecule has 2 atom stereocenters. The molecule has 0 radical (unpaired) electrons. The number of fused-ring (bicyclic) bond motifs is 2. The third-order valence-corrected chi connectivity index (χ3v) is 4.52. The van der Waals surface area contributed by atoms with E-state index in [1.54, 1.807) is 6.92 Å². The second-order valence-corrected chi connectivity index (χ2v) is 5.93. The van der Waals surface area contributed by atoms with Gasteiger partial charge < -0.3 is 10.6 Å². The Morgan fingerprint density at radius 2 is 1.74 bits per heavy atom. The number of rotatable bonds is 1. The number of halogens is 2. The van der Waals surface area contributed by atoms with Crippen molar-refractivity contribution in [1.82, 2.24) is 0 Å². The highest BCUT2D eigenvalue weighted by atomic mass is 19.1. The predicted octanol–water partition coefficient (Wildman–Crippen LogP) is 3.12. The number of benzene rings is 1. The number of nitrogens with zero attached hydrogens (tertiary/aromatic N) is 1. The van der Waals surface area contributed by atoms with Crippen LogP contribution in [0.15, 0.2) is 12.1 Å². The van der Waals surface area contributed by atoms with Gasteiger partial charge >= 0.3 is 0 Å². The van der Waals surface area contributed by atoms with Gasteiger partial charge in [0.1, 0.15) is 11.6 Å². The van der Waals surface area contributed by atoms with Gasteiger partial charge in [0.05, 0.1) is 5.69 Å². The molecule has 4 heteroatoms. The van der Waals surface area contributed by atoms with Crippen LogP contribution in [-0.2, 0) is 0 Å². The van der Waals surface area contributed by atoms with Gasteiger partial charge in [0.2, 0.25) is 0 Å². The van der Waals surface area contributed by atoms with Gasteiger partial charge in [-0.15, -0.1) is 0 Å². The first-order valence-corrected chi connectivity index (χ1v) is 7.06. The lowest BCUT2D eigenvalue weighted by Crippen LogP contribution is -2.55. The van der Waals surface area contributed by atoms with Gasteiger partial charge in [0.25, 0.3) is 0 Å². The molecule has 1 aromatic rings. The standard InChI is InChI=1S/C15H20F2N2/c1-9-5-14(17)15(8-13(9)16)19-11-3-2-4-12(19)7-10(18)6-11/h5,8,10-12H,2-4,6-7,18H2,1H3. The molecule has 2 aliphatic heterocycles. The quantitative estimate of drug-likeness (QED) is 0.846. The Bertz CT molecular complexity index is 475. The summed E-state index contributed by atoms with van der Waals surface area (Å²) in [6, 6.07) is 3.38. The van der Waals surface area contributed by atoms with E-state index < -0.39 is 0 Å². The topological polar surface area (TPSA) is 29.3 Å². The summed E-state index contributed by atoms with van der Waals surface area (Å²) >= 11 is 0. The molecule has 0 saturated carbocycles. The molecule has 3 rings (SSSR count). The smallest absolute Gasteiger partial charge is 0.146 e. The molecule has 2 unspecified atom stereocenters. The second-order valence-electron chi connectivity index (χ2n) is 5.93. The zero-order chi connectivity index (χ0) is 13.6. The molecule has 2 saturated heterocycles. The predicted molar refractivity (Wildman–Crippen MR) is 72.2 cm³/mol. The zero-order valence-corrected chi connectivity index (χ0v) is 11.2. The van der Waals surface area contributed by atoms with E-state index in [-0.39, 0.29) is 29.8 Å². The average molecular weight is 266 g/mol. The van der Waals surface area contributed by atoms with Crippen LogP contribution < -0.4 is 10.6 Å². The molecule has 2 nitrogen and oxygen atoms in total. The monoisotopic (exact) mass is 266 g/mol. The van der Waals surface area contributed by atoms with E-state index in [4.69, 9.17) is 5.73 Å². The highest BCUT2D eigenvalue weighted by Gasteiger charge is 2.38. The molecular formula is C15H20F2N2. The third kappa shape index (κ3) is 2.22. The van der Waals surface area contributed by atoms with Gasteiger partial charge in [0.15, 0.2) is 0 Å². The van der Waals surface area contributed by atoms with Crippen molar-refractivity contribution in [1.29, 1.82) is 0 Å². The summed E-state index contributed by atoms with van der Waals surface area (Å²) in [5.74, 6) is -0.643. The highest BCUT2D eigenvalue weighted by molar-refractivity contribution is 5.52. The molecule has 2 N–H and O–H groups in total. The molecule has 0 spiro atoms. The van der Waals surface area contributed by atoms with Crippen LogP contribution in [0.3, 0.4) is 0 Å². The summed E-state index contributed by atoms with van der Waals surface area (Å²) in [4.78, 5) is 2.09. The van der Waals surface area contributed by atoms with E-state index in [1.807, 2.05) is 0 Å². The van der Waals surface area contributed by atoms with Crippen LogP contribution in [0.5, 0.6) is 0 Å². The van der Waals surface area contributed by atoms with E-state index in [9.17, 15) is 8.78 Å². The maximum Gasteiger partial charge on any atom is 0.146 e. The van der Waals surface area contributed by atoms with Gasteiger partial charge in [-0.3, -0.25) is 0 Å². The van der Waals surface area contributed by atoms with Crippen molar-refractivity contribution < 1.29 is 8.78 Å². The molecule has 0 aromatic heterocycles. The lowest BCUT2D eigenvalue weighted by Gasteiger charge is -2.49. The summed E-state index contributed by atoms with van der Waals surface area (Å²) < 4.78 is 27.9. The fourth-order valence-electron chi connectivity index (χ4n) is 3.65. The fraction of sp³-hybridized carbons (Fsp3) is 0.600. The van der Waals surface area contributed by atoms with Crippen molar-refractivity contribution in [3.05, 3.63) is 29.3 Å².